The van der Waals surface area contributed by atoms with Crippen LogP contribution in [0, 0.1) is 13.8 Å². The first-order valence-corrected chi connectivity index (χ1v) is 7.39. The Bertz CT molecular complexity index is 417. The Kier molecular flexibility index (Phi) is 3.46. The van der Waals surface area contributed by atoms with E-state index >= 15 is 0 Å². The topological polar surface area (TPSA) is 0 Å². The van der Waals surface area contributed by atoms with Gasteiger partial charge in [-0.3, -0.25) is 0 Å². The van der Waals surface area contributed by atoms with Crippen molar-refractivity contribution in [2.24, 2.45) is 0 Å². The van der Waals surface area contributed by atoms with Gasteiger partial charge in [0, 0.05) is 0 Å². The first kappa shape index (κ1) is 10.7. The molecule has 0 unspecified atom stereocenters. The van der Waals surface area contributed by atoms with Crippen molar-refractivity contribution in [3.05, 3.63) is 59.7 Å². The SMILES string of the molecule is Cc1ccccc1[Te]c1ccccc1C. The van der Waals surface area contributed by atoms with Gasteiger partial charge in [0.15, 0.2) is 0 Å². The third kappa shape index (κ3) is 2.62. The molecule has 0 nitrogen and oxygen atoms in total. The summed E-state index contributed by atoms with van der Waals surface area (Å²) in [5, 5.41) is 0. The summed E-state index contributed by atoms with van der Waals surface area (Å²) in [6, 6.07) is 17.5. The average Bonchev–Trinajstić information content (AvgIpc) is 2.24. The molecule has 1 heteroatoms. The van der Waals surface area contributed by atoms with E-state index in [1.807, 2.05) is 0 Å². The Hall–Kier alpha value is -0.770. The van der Waals surface area contributed by atoms with Crippen LogP contribution in [0.5, 0.6) is 0 Å². The molecule has 0 spiro atoms. The molecular weight excluding hydrogens is 296 g/mol. The van der Waals surface area contributed by atoms with Gasteiger partial charge in [-0.2, -0.15) is 0 Å². The van der Waals surface area contributed by atoms with Crippen molar-refractivity contribution in [3.63, 3.8) is 0 Å². The van der Waals surface area contributed by atoms with Crippen LogP contribution in [0.15, 0.2) is 48.5 Å². The van der Waals surface area contributed by atoms with E-state index in [0.717, 1.165) is 0 Å². The van der Waals surface area contributed by atoms with Crippen LogP contribution in [-0.2, 0) is 0 Å². The first-order valence-electron chi connectivity index (χ1n) is 5.06. The molecular formula is C14H14Te. The molecule has 0 heterocycles. The van der Waals surface area contributed by atoms with Crippen molar-refractivity contribution in [1.82, 2.24) is 0 Å². The van der Waals surface area contributed by atoms with Crippen molar-refractivity contribution >= 4 is 28.1 Å². The molecule has 0 radical (unpaired) electrons. The second-order valence-electron chi connectivity index (χ2n) is 3.63. The van der Waals surface area contributed by atoms with E-state index in [2.05, 4.69) is 62.4 Å². The molecule has 0 aliphatic carbocycles. The number of rotatable bonds is 2. The van der Waals surface area contributed by atoms with Gasteiger partial charge < -0.3 is 0 Å². The monoisotopic (exact) mass is 312 g/mol. The van der Waals surface area contributed by atoms with E-state index in [4.69, 9.17) is 0 Å². The second kappa shape index (κ2) is 4.84. The van der Waals surface area contributed by atoms with Crippen LogP contribution in [0.25, 0.3) is 0 Å². The van der Waals surface area contributed by atoms with E-state index in [1.54, 1.807) is 7.22 Å². The zero-order valence-electron chi connectivity index (χ0n) is 9.03. The molecule has 0 saturated carbocycles. The van der Waals surface area contributed by atoms with E-state index in [1.165, 1.54) is 11.1 Å². The van der Waals surface area contributed by atoms with Crippen LogP contribution in [-0.4, -0.2) is 20.9 Å². The minimum atomic E-state index is -0.207. The molecule has 0 amide bonds. The number of benzene rings is 2. The quantitative estimate of drug-likeness (QED) is 0.744. The zero-order valence-corrected chi connectivity index (χ0v) is 11.4. The van der Waals surface area contributed by atoms with Gasteiger partial charge in [0.1, 0.15) is 0 Å². The Balaban J connectivity index is 2.30. The van der Waals surface area contributed by atoms with Gasteiger partial charge in [-0.25, -0.2) is 0 Å². The Labute approximate surface area is 101 Å². The van der Waals surface area contributed by atoms with Gasteiger partial charge in [-0.1, -0.05) is 0 Å². The van der Waals surface area contributed by atoms with Crippen LogP contribution in [0.4, 0.5) is 0 Å². The predicted molar refractivity (Wildman–Crippen MR) is 67.4 cm³/mol. The first-order chi connectivity index (χ1) is 7.27. The van der Waals surface area contributed by atoms with Crippen molar-refractivity contribution in [2.45, 2.75) is 13.8 Å². The maximum absolute atomic E-state index is 2.27. The zero-order chi connectivity index (χ0) is 10.7. The molecule has 0 saturated heterocycles. The fraction of sp³-hybridized carbons (Fsp3) is 0.143. The minimum absolute atomic E-state index is 0.207. The van der Waals surface area contributed by atoms with Crippen LogP contribution >= 0.6 is 0 Å². The summed E-state index contributed by atoms with van der Waals surface area (Å²) in [4.78, 5) is 0. The van der Waals surface area contributed by atoms with Crippen molar-refractivity contribution in [1.29, 1.82) is 0 Å². The van der Waals surface area contributed by atoms with Gasteiger partial charge in [-0.05, 0) is 0 Å². The fourth-order valence-electron chi connectivity index (χ4n) is 1.46. The van der Waals surface area contributed by atoms with Gasteiger partial charge in [0.2, 0.25) is 0 Å². The molecule has 0 atom stereocenters. The molecule has 0 aliphatic heterocycles. The second-order valence-corrected chi connectivity index (χ2v) is 6.73. The van der Waals surface area contributed by atoms with Gasteiger partial charge >= 0.3 is 102 Å². The molecule has 0 fully saturated rings. The number of hydrogen-bond donors (Lipinski definition) is 0. The Morgan fingerprint density at radius 1 is 0.667 bits per heavy atom. The van der Waals surface area contributed by atoms with Crippen LogP contribution in [0.3, 0.4) is 0 Å². The van der Waals surface area contributed by atoms with Crippen LogP contribution in [0.1, 0.15) is 11.1 Å². The van der Waals surface area contributed by atoms with Crippen molar-refractivity contribution in [2.75, 3.05) is 0 Å². The molecule has 2 aromatic rings. The summed E-state index contributed by atoms with van der Waals surface area (Å²) in [6.07, 6.45) is 0. The summed E-state index contributed by atoms with van der Waals surface area (Å²) < 4.78 is 3.11. The van der Waals surface area contributed by atoms with E-state index in [0.29, 0.717) is 0 Å². The summed E-state index contributed by atoms with van der Waals surface area (Å²) in [6.45, 7) is 4.41. The standard InChI is InChI=1S/C14H14Te/c1-11-7-3-5-9-13(11)15-14-10-6-4-8-12(14)2/h3-10H,1-2H3. The van der Waals surface area contributed by atoms with E-state index < -0.39 is 0 Å². The van der Waals surface area contributed by atoms with Crippen LogP contribution in [0.2, 0.25) is 0 Å². The Morgan fingerprint density at radius 2 is 1.07 bits per heavy atom. The van der Waals surface area contributed by atoms with Crippen LogP contribution < -0.4 is 7.22 Å². The summed E-state index contributed by atoms with van der Waals surface area (Å²) in [7, 11) is 0. The summed E-state index contributed by atoms with van der Waals surface area (Å²) >= 11 is -0.207. The molecule has 0 N–H and O–H groups in total. The molecule has 2 rings (SSSR count). The molecule has 0 aromatic heterocycles. The van der Waals surface area contributed by atoms with Crippen molar-refractivity contribution in [3.8, 4) is 0 Å². The third-order valence-corrected chi connectivity index (χ3v) is 6.28. The number of hydrogen-bond acceptors (Lipinski definition) is 0. The molecule has 76 valence electrons. The average molecular weight is 310 g/mol. The maximum atomic E-state index is 2.27. The molecule has 15 heavy (non-hydrogen) atoms. The van der Waals surface area contributed by atoms with Gasteiger partial charge in [0.25, 0.3) is 0 Å². The normalized spacial score (nSPS) is 10.3. The van der Waals surface area contributed by atoms with Crippen molar-refractivity contribution < 1.29 is 0 Å². The van der Waals surface area contributed by atoms with E-state index in [-0.39, 0.29) is 20.9 Å². The van der Waals surface area contributed by atoms with Gasteiger partial charge in [0.05, 0.1) is 0 Å². The molecule has 2 aromatic carbocycles. The Morgan fingerprint density at radius 3 is 1.47 bits per heavy atom. The predicted octanol–water partition coefficient (Wildman–Crippen LogP) is 1.96. The summed E-state index contributed by atoms with van der Waals surface area (Å²) in [5.41, 5.74) is 2.87. The van der Waals surface area contributed by atoms with Gasteiger partial charge in [-0.15, -0.1) is 0 Å². The third-order valence-electron chi connectivity index (χ3n) is 2.41. The summed E-state index contributed by atoms with van der Waals surface area (Å²) in [5.74, 6) is 0. The fourth-order valence-corrected chi connectivity index (χ4v) is 4.28. The van der Waals surface area contributed by atoms with E-state index in [9.17, 15) is 0 Å². The molecule has 0 aliphatic rings. The molecule has 0 bridgehead atoms. The number of aryl methyl sites for hydroxylation is 2.